The number of hydrogen-bond donors (Lipinski definition) is 1. The highest BCUT2D eigenvalue weighted by molar-refractivity contribution is 5.75. The van der Waals surface area contributed by atoms with Gasteiger partial charge < -0.3 is 5.32 Å². The van der Waals surface area contributed by atoms with E-state index in [1.807, 2.05) is 6.92 Å². The summed E-state index contributed by atoms with van der Waals surface area (Å²) in [5, 5.41) is 2.56. The van der Waals surface area contributed by atoms with Gasteiger partial charge in [-0.1, -0.05) is 13.0 Å². The predicted octanol–water partition coefficient (Wildman–Crippen LogP) is 2.24. The average molecular weight is 224 g/mol. The van der Waals surface area contributed by atoms with Crippen LogP contribution in [0.15, 0.2) is 18.3 Å². The minimum atomic E-state index is -0.425. The highest BCUT2D eigenvalue weighted by atomic mass is 19.1. The maximum atomic E-state index is 13.4. The van der Waals surface area contributed by atoms with E-state index in [1.165, 1.54) is 6.20 Å². The Kier molecular flexibility index (Phi) is 4.89. The summed E-state index contributed by atoms with van der Waals surface area (Å²) >= 11 is 0. The Morgan fingerprint density at radius 2 is 2.38 bits per heavy atom. The van der Waals surface area contributed by atoms with E-state index in [-0.39, 0.29) is 11.8 Å². The lowest BCUT2D eigenvalue weighted by molar-refractivity contribution is -0.120. The topological polar surface area (TPSA) is 42.0 Å². The van der Waals surface area contributed by atoms with Crippen molar-refractivity contribution in [1.29, 1.82) is 0 Å². The van der Waals surface area contributed by atoms with Gasteiger partial charge in [-0.3, -0.25) is 4.79 Å². The maximum absolute atomic E-state index is 13.4. The van der Waals surface area contributed by atoms with Gasteiger partial charge in [0.25, 0.3) is 0 Å². The van der Waals surface area contributed by atoms with E-state index in [2.05, 4.69) is 10.3 Å². The molecule has 1 heterocycles. The molecule has 88 valence electrons. The highest BCUT2D eigenvalue weighted by Crippen LogP contribution is 2.25. The molecule has 0 aliphatic carbocycles. The zero-order valence-electron chi connectivity index (χ0n) is 9.66. The zero-order chi connectivity index (χ0) is 12.0. The van der Waals surface area contributed by atoms with Gasteiger partial charge in [-0.05, 0) is 24.8 Å². The van der Waals surface area contributed by atoms with Crippen LogP contribution in [-0.4, -0.2) is 17.9 Å². The Bertz CT molecular complexity index is 355. The molecule has 0 saturated heterocycles. The monoisotopic (exact) mass is 224 g/mol. The first-order valence-electron chi connectivity index (χ1n) is 5.50. The average Bonchev–Trinajstić information content (AvgIpc) is 2.31. The van der Waals surface area contributed by atoms with Crippen LogP contribution in [0, 0.1) is 5.95 Å². The third kappa shape index (κ3) is 3.29. The summed E-state index contributed by atoms with van der Waals surface area (Å²) in [6.07, 6.45) is 3.31. The molecule has 1 unspecified atom stereocenters. The van der Waals surface area contributed by atoms with Gasteiger partial charge in [0.15, 0.2) is 0 Å². The van der Waals surface area contributed by atoms with E-state index in [0.717, 1.165) is 6.42 Å². The molecule has 4 heteroatoms. The highest BCUT2D eigenvalue weighted by Gasteiger charge is 2.15. The van der Waals surface area contributed by atoms with Crippen molar-refractivity contribution in [3.8, 4) is 0 Å². The van der Waals surface area contributed by atoms with Crippen LogP contribution in [0.4, 0.5) is 4.39 Å². The van der Waals surface area contributed by atoms with Crippen molar-refractivity contribution in [3.63, 3.8) is 0 Å². The summed E-state index contributed by atoms with van der Waals surface area (Å²) in [6.45, 7) is 1.99. The van der Waals surface area contributed by atoms with Gasteiger partial charge in [-0.15, -0.1) is 0 Å². The molecule has 1 amide bonds. The van der Waals surface area contributed by atoms with E-state index >= 15 is 0 Å². The van der Waals surface area contributed by atoms with E-state index in [1.54, 1.807) is 19.2 Å². The molecule has 0 radical (unpaired) electrons. The van der Waals surface area contributed by atoms with Crippen LogP contribution in [0.5, 0.6) is 0 Å². The third-order valence-corrected chi connectivity index (χ3v) is 2.72. The SMILES string of the molecule is CCC(CCC(=O)NC)c1cccnc1F. The Balaban J connectivity index is 2.68. The largest absolute Gasteiger partial charge is 0.359 e. The molecule has 0 aromatic carbocycles. The summed E-state index contributed by atoms with van der Waals surface area (Å²) in [6, 6.07) is 3.46. The van der Waals surface area contributed by atoms with Crippen molar-refractivity contribution in [2.45, 2.75) is 32.1 Å². The fraction of sp³-hybridized carbons (Fsp3) is 0.500. The quantitative estimate of drug-likeness (QED) is 0.779. The first kappa shape index (κ1) is 12.6. The number of carbonyl (C=O) groups is 1. The molecular weight excluding hydrogens is 207 g/mol. The second-order valence-electron chi connectivity index (χ2n) is 3.70. The van der Waals surface area contributed by atoms with E-state index in [0.29, 0.717) is 18.4 Å². The number of pyridine rings is 1. The van der Waals surface area contributed by atoms with Crippen LogP contribution in [0.2, 0.25) is 0 Å². The number of rotatable bonds is 5. The Labute approximate surface area is 95.1 Å². The second-order valence-corrected chi connectivity index (χ2v) is 3.70. The Hall–Kier alpha value is -1.45. The molecule has 0 aliphatic rings. The molecule has 1 rings (SSSR count). The van der Waals surface area contributed by atoms with E-state index in [4.69, 9.17) is 0 Å². The minimum absolute atomic E-state index is 0.0113. The standard InChI is InChI=1S/C12H17FN2O/c1-3-9(6-7-11(16)14-2)10-5-4-8-15-12(10)13/h4-5,8-9H,3,6-7H2,1-2H3,(H,14,16). The Morgan fingerprint density at radius 1 is 1.62 bits per heavy atom. The molecule has 0 spiro atoms. The molecular formula is C12H17FN2O. The van der Waals surface area contributed by atoms with Gasteiger partial charge in [-0.25, -0.2) is 4.98 Å². The van der Waals surface area contributed by atoms with E-state index in [9.17, 15) is 9.18 Å². The molecule has 3 nitrogen and oxygen atoms in total. The fourth-order valence-corrected chi connectivity index (χ4v) is 1.71. The second kappa shape index (κ2) is 6.20. The lowest BCUT2D eigenvalue weighted by Crippen LogP contribution is -2.18. The molecule has 1 aromatic rings. The molecule has 1 N–H and O–H groups in total. The molecule has 16 heavy (non-hydrogen) atoms. The number of hydrogen-bond acceptors (Lipinski definition) is 2. The lowest BCUT2D eigenvalue weighted by Gasteiger charge is -2.14. The molecule has 0 bridgehead atoms. The van der Waals surface area contributed by atoms with Gasteiger partial charge in [-0.2, -0.15) is 4.39 Å². The van der Waals surface area contributed by atoms with Crippen molar-refractivity contribution in [1.82, 2.24) is 10.3 Å². The number of carbonyl (C=O) groups excluding carboxylic acids is 1. The molecule has 0 saturated carbocycles. The van der Waals surface area contributed by atoms with Crippen LogP contribution in [-0.2, 0) is 4.79 Å². The van der Waals surface area contributed by atoms with Crippen LogP contribution in [0.3, 0.4) is 0 Å². The van der Waals surface area contributed by atoms with Gasteiger partial charge >= 0.3 is 0 Å². The van der Waals surface area contributed by atoms with Crippen molar-refractivity contribution in [2.24, 2.45) is 0 Å². The number of aromatic nitrogens is 1. The number of nitrogens with one attached hydrogen (secondary N) is 1. The van der Waals surface area contributed by atoms with Gasteiger partial charge in [0.05, 0.1) is 0 Å². The van der Waals surface area contributed by atoms with Gasteiger partial charge in [0.2, 0.25) is 11.9 Å². The molecule has 0 fully saturated rings. The predicted molar refractivity (Wildman–Crippen MR) is 60.5 cm³/mol. The van der Waals surface area contributed by atoms with Gasteiger partial charge in [0.1, 0.15) is 0 Å². The van der Waals surface area contributed by atoms with Crippen molar-refractivity contribution in [2.75, 3.05) is 7.05 Å². The van der Waals surface area contributed by atoms with Crippen molar-refractivity contribution < 1.29 is 9.18 Å². The van der Waals surface area contributed by atoms with Gasteiger partial charge in [0, 0.05) is 25.2 Å². The fourth-order valence-electron chi connectivity index (χ4n) is 1.71. The first-order chi connectivity index (χ1) is 7.69. The molecule has 1 aromatic heterocycles. The van der Waals surface area contributed by atoms with Crippen molar-refractivity contribution >= 4 is 5.91 Å². The number of halogens is 1. The summed E-state index contributed by atoms with van der Waals surface area (Å²) in [5.41, 5.74) is 0.605. The normalized spacial score (nSPS) is 12.2. The molecule has 0 aliphatic heterocycles. The zero-order valence-corrected chi connectivity index (χ0v) is 9.66. The van der Waals surface area contributed by atoms with Crippen LogP contribution in [0.25, 0.3) is 0 Å². The third-order valence-electron chi connectivity index (χ3n) is 2.72. The Morgan fingerprint density at radius 3 is 2.94 bits per heavy atom. The number of amides is 1. The summed E-state index contributed by atoms with van der Waals surface area (Å²) in [5.74, 6) is -0.375. The summed E-state index contributed by atoms with van der Waals surface area (Å²) < 4.78 is 13.4. The first-order valence-corrected chi connectivity index (χ1v) is 5.50. The minimum Gasteiger partial charge on any atom is -0.359 e. The molecule has 1 atom stereocenters. The van der Waals surface area contributed by atoms with Crippen LogP contribution >= 0.6 is 0 Å². The van der Waals surface area contributed by atoms with Crippen LogP contribution in [0.1, 0.15) is 37.7 Å². The van der Waals surface area contributed by atoms with Crippen molar-refractivity contribution in [3.05, 3.63) is 29.8 Å². The summed E-state index contributed by atoms with van der Waals surface area (Å²) in [7, 11) is 1.61. The van der Waals surface area contributed by atoms with Crippen LogP contribution < -0.4 is 5.32 Å². The summed E-state index contributed by atoms with van der Waals surface area (Å²) in [4.78, 5) is 14.8. The lowest BCUT2D eigenvalue weighted by atomic mass is 9.93. The van der Waals surface area contributed by atoms with E-state index < -0.39 is 5.95 Å². The smallest absolute Gasteiger partial charge is 0.219 e. The number of nitrogens with zero attached hydrogens (tertiary/aromatic N) is 1. The maximum Gasteiger partial charge on any atom is 0.219 e.